The van der Waals surface area contributed by atoms with Gasteiger partial charge in [0.05, 0.1) is 11.6 Å². The number of pyridine rings is 1. The third kappa shape index (κ3) is 5.16. The Morgan fingerprint density at radius 1 is 0.929 bits per heavy atom. The summed E-state index contributed by atoms with van der Waals surface area (Å²) in [6, 6.07) is 9.95. The third-order valence-electron chi connectivity index (χ3n) is 7.21. The van der Waals surface area contributed by atoms with Gasteiger partial charge in [0.2, 0.25) is 0 Å². The number of benzene rings is 3. The van der Waals surface area contributed by atoms with E-state index >= 15 is 0 Å². The number of nitrogens with zero attached hydrogens (tertiary/aromatic N) is 1. The predicted molar refractivity (Wildman–Crippen MR) is 144 cm³/mol. The second-order valence-corrected chi connectivity index (χ2v) is 10.5. The Morgan fingerprint density at radius 3 is 2.40 bits per heavy atom. The van der Waals surface area contributed by atoms with Gasteiger partial charge in [-0.25, -0.2) is 8.78 Å². The largest absolute Gasteiger partial charge is 0.416 e. The molecule has 214 valence electrons. The Morgan fingerprint density at radius 2 is 1.69 bits per heavy atom. The molecule has 12 heteroatoms. The van der Waals surface area contributed by atoms with Crippen LogP contribution in [0, 0.1) is 11.6 Å². The molecule has 6 nitrogen and oxygen atoms in total. The number of amides is 2. The molecule has 2 aliphatic rings. The van der Waals surface area contributed by atoms with Crippen molar-refractivity contribution < 1.29 is 31.5 Å². The molecule has 1 fully saturated rings. The minimum atomic E-state index is -4.90. The zero-order valence-corrected chi connectivity index (χ0v) is 22.1. The molecule has 42 heavy (non-hydrogen) atoms. The van der Waals surface area contributed by atoms with Crippen molar-refractivity contribution in [1.82, 2.24) is 9.88 Å². The number of rotatable bonds is 5. The zero-order valence-electron chi connectivity index (χ0n) is 21.4. The quantitative estimate of drug-likeness (QED) is 0.245. The molecule has 6 rings (SSSR count). The monoisotopic (exact) mass is 599 g/mol. The molecule has 2 amide bonds. The van der Waals surface area contributed by atoms with Crippen LogP contribution < -0.4 is 16.2 Å². The molecule has 1 saturated carbocycles. The first kappa shape index (κ1) is 27.6. The number of halogens is 6. The molecule has 1 aromatic heterocycles. The van der Waals surface area contributed by atoms with Crippen LogP contribution in [0.3, 0.4) is 0 Å². The number of hydrogen-bond donors (Lipinski definition) is 2. The molecule has 0 radical (unpaired) electrons. The van der Waals surface area contributed by atoms with Crippen molar-refractivity contribution >= 4 is 29.1 Å². The maximum atomic E-state index is 14.2. The van der Waals surface area contributed by atoms with Gasteiger partial charge in [-0.2, -0.15) is 13.2 Å². The summed E-state index contributed by atoms with van der Waals surface area (Å²) in [5.41, 5.74) is -0.768. The Labute approximate surface area is 239 Å². The Kier molecular flexibility index (Phi) is 6.64. The van der Waals surface area contributed by atoms with E-state index < -0.39 is 46.8 Å². The van der Waals surface area contributed by atoms with Crippen molar-refractivity contribution in [1.29, 1.82) is 0 Å². The van der Waals surface area contributed by atoms with E-state index in [2.05, 4.69) is 10.6 Å². The highest BCUT2D eigenvalue weighted by Crippen LogP contribution is 2.42. The summed E-state index contributed by atoms with van der Waals surface area (Å²) in [5.74, 6) is -3.56. The highest BCUT2D eigenvalue weighted by Gasteiger charge is 2.36. The summed E-state index contributed by atoms with van der Waals surface area (Å²) >= 11 is 6.33. The summed E-state index contributed by atoms with van der Waals surface area (Å²) in [7, 11) is 0. The van der Waals surface area contributed by atoms with Gasteiger partial charge in [0.25, 0.3) is 17.4 Å². The number of alkyl halides is 3. The molecule has 3 aromatic carbocycles. The smallest absolute Gasteiger partial charge is 0.341 e. The standard InChI is InChI=1S/C30H19ClF5N3O3/c31-23-5-2-18(32)12-21(23)27-26-22(29(42)38-27)9-15(14-1-6-25(40)39(13-14)20-3-4-20)10-24(26)37-28(41)16-7-17(30(34,35)36)11-19(33)8-16/h1-2,5-13,20,27H,3-4H2,(H,37,41)(H,38,42)/t27-/m0/s1. The summed E-state index contributed by atoms with van der Waals surface area (Å²) in [4.78, 5) is 38.8. The van der Waals surface area contributed by atoms with Crippen LogP contribution in [-0.4, -0.2) is 16.4 Å². The lowest BCUT2D eigenvalue weighted by atomic mass is 9.93. The SMILES string of the molecule is O=C(Nc1cc(-c2ccc(=O)n(C3CC3)c2)cc2c1[C@H](c1cc(F)ccc1Cl)NC2=O)c1cc(F)cc(C(F)(F)F)c1. The molecule has 0 unspecified atom stereocenters. The van der Waals surface area contributed by atoms with Gasteiger partial charge in [-0.05, 0) is 78.6 Å². The van der Waals surface area contributed by atoms with Crippen molar-refractivity contribution in [3.63, 3.8) is 0 Å². The molecule has 0 spiro atoms. The van der Waals surface area contributed by atoms with Crippen LogP contribution in [0.1, 0.15) is 62.3 Å². The van der Waals surface area contributed by atoms with Crippen molar-refractivity contribution in [2.45, 2.75) is 31.1 Å². The Bertz CT molecular complexity index is 1850. The molecule has 2 N–H and O–H groups in total. The molecule has 1 aliphatic heterocycles. The fraction of sp³-hybridized carbons (Fsp3) is 0.167. The lowest BCUT2D eigenvalue weighted by Gasteiger charge is -2.19. The minimum absolute atomic E-state index is 0.00169. The lowest BCUT2D eigenvalue weighted by Crippen LogP contribution is -2.21. The second-order valence-electron chi connectivity index (χ2n) is 10.1. The Hall–Kier alpha value is -4.51. The van der Waals surface area contributed by atoms with Crippen molar-refractivity contribution in [3.05, 3.63) is 122 Å². The van der Waals surface area contributed by atoms with Crippen LogP contribution in [0.5, 0.6) is 0 Å². The normalized spacial score (nSPS) is 16.2. The third-order valence-corrected chi connectivity index (χ3v) is 7.55. The molecule has 4 aromatic rings. The van der Waals surface area contributed by atoms with E-state index in [4.69, 9.17) is 11.6 Å². The van der Waals surface area contributed by atoms with E-state index in [1.165, 1.54) is 24.3 Å². The van der Waals surface area contributed by atoms with Gasteiger partial charge >= 0.3 is 6.18 Å². The first-order chi connectivity index (χ1) is 19.9. The van der Waals surface area contributed by atoms with Crippen LogP contribution in [0.4, 0.5) is 27.6 Å². The Balaban J connectivity index is 1.50. The topological polar surface area (TPSA) is 80.2 Å². The van der Waals surface area contributed by atoms with Gasteiger partial charge in [-0.1, -0.05) is 11.6 Å². The lowest BCUT2D eigenvalue weighted by molar-refractivity contribution is -0.137. The first-order valence-electron chi connectivity index (χ1n) is 12.7. The van der Waals surface area contributed by atoms with Crippen LogP contribution in [0.25, 0.3) is 11.1 Å². The van der Waals surface area contributed by atoms with E-state index in [0.717, 1.165) is 25.0 Å². The number of carbonyl (C=O) groups is 2. The van der Waals surface area contributed by atoms with E-state index in [0.29, 0.717) is 23.3 Å². The minimum Gasteiger partial charge on any atom is -0.341 e. The van der Waals surface area contributed by atoms with Gasteiger partial charge in [-0.3, -0.25) is 14.4 Å². The molecule has 2 heterocycles. The number of aromatic nitrogens is 1. The second kappa shape index (κ2) is 10.1. The summed E-state index contributed by atoms with van der Waals surface area (Å²) < 4.78 is 69.9. The first-order valence-corrected chi connectivity index (χ1v) is 13.1. The maximum absolute atomic E-state index is 14.2. The van der Waals surface area contributed by atoms with E-state index in [9.17, 15) is 36.3 Å². The predicted octanol–water partition coefficient (Wildman–Crippen LogP) is 6.89. The molecule has 1 aliphatic carbocycles. The molecular formula is C30H19ClF5N3O3. The zero-order chi connectivity index (χ0) is 29.9. The van der Waals surface area contributed by atoms with Crippen molar-refractivity contribution in [2.24, 2.45) is 0 Å². The van der Waals surface area contributed by atoms with Crippen LogP contribution in [0.2, 0.25) is 5.02 Å². The molecule has 1 atom stereocenters. The average molecular weight is 600 g/mol. The number of carbonyl (C=O) groups excluding carboxylic acids is 2. The summed E-state index contributed by atoms with van der Waals surface area (Å²) in [6.45, 7) is 0. The van der Waals surface area contributed by atoms with Gasteiger partial charge in [0.15, 0.2) is 0 Å². The molecule has 0 saturated heterocycles. The van der Waals surface area contributed by atoms with Gasteiger partial charge < -0.3 is 15.2 Å². The van der Waals surface area contributed by atoms with Crippen molar-refractivity contribution in [3.8, 4) is 11.1 Å². The van der Waals surface area contributed by atoms with E-state index in [1.54, 1.807) is 16.8 Å². The van der Waals surface area contributed by atoms with Gasteiger partial charge in [0.1, 0.15) is 11.6 Å². The molecule has 0 bridgehead atoms. The molecular weight excluding hydrogens is 581 g/mol. The summed E-state index contributed by atoms with van der Waals surface area (Å²) in [6.07, 6.45) is -1.61. The van der Waals surface area contributed by atoms with Crippen LogP contribution >= 0.6 is 11.6 Å². The number of nitrogens with one attached hydrogen (secondary N) is 2. The number of fused-ring (bicyclic) bond motifs is 1. The van der Waals surface area contributed by atoms with Crippen molar-refractivity contribution in [2.75, 3.05) is 5.32 Å². The highest BCUT2D eigenvalue weighted by atomic mass is 35.5. The number of hydrogen-bond acceptors (Lipinski definition) is 3. The van der Waals surface area contributed by atoms with Gasteiger partial charge in [-0.15, -0.1) is 0 Å². The number of anilines is 1. The maximum Gasteiger partial charge on any atom is 0.416 e. The van der Waals surface area contributed by atoms with Crippen LogP contribution in [-0.2, 0) is 6.18 Å². The van der Waals surface area contributed by atoms with Gasteiger partial charge in [0, 0.05) is 51.3 Å². The fourth-order valence-corrected chi connectivity index (χ4v) is 5.29. The fourth-order valence-electron chi connectivity index (χ4n) is 5.06. The average Bonchev–Trinajstić information content (AvgIpc) is 3.72. The summed E-state index contributed by atoms with van der Waals surface area (Å²) in [5, 5.41) is 5.35. The van der Waals surface area contributed by atoms with E-state index in [-0.39, 0.29) is 45.1 Å². The van der Waals surface area contributed by atoms with E-state index in [1.807, 2.05) is 0 Å². The highest BCUT2D eigenvalue weighted by molar-refractivity contribution is 6.31. The van der Waals surface area contributed by atoms with Crippen LogP contribution in [0.15, 0.2) is 71.7 Å².